The number of likely N-dealkylation sites (tertiary alicyclic amines) is 1. The van der Waals surface area contributed by atoms with Gasteiger partial charge in [-0.25, -0.2) is 0 Å². The quantitative estimate of drug-likeness (QED) is 0.819. The number of fused-ring (bicyclic) bond motifs is 1. The summed E-state index contributed by atoms with van der Waals surface area (Å²) in [5.41, 5.74) is 7.06. The number of carbonyl (C=O) groups excluding carboxylic acids is 3. The zero-order valence-electron chi connectivity index (χ0n) is 13.8. The van der Waals surface area contributed by atoms with Crippen LogP contribution in [0.1, 0.15) is 50.8 Å². The molecule has 24 heavy (non-hydrogen) atoms. The largest absolute Gasteiger partial charge is 0.339 e. The van der Waals surface area contributed by atoms with Crippen LogP contribution in [-0.4, -0.2) is 53.7 Å². The maximum Gasteiger partial charge on any atom is 0.261 e. The Morgan fingerprint density at radius 3 is 2.33 bits per heavy atom. The molecule has 0 aliphatic carbocycles. The average molecular weight is 352 g/mol. The zero-order chi connectivity index (χ0) is 16.7. The second-order valence-electron chi connectivity index (χ2n) is 6.42. The number of carbonyl (C=O) groups is 3. The van der Waals surface area contributed by atoms with Gasteiger partial charge in [0.2, 0.25) is 0 Å². The summed E-state index contributed by atoms with van der Waals surface area (Å²) < 4.78 is 0. The highest BCUT2D eigenvalue weighted by atomic mass is 35.5. The van der Waals surface area contributed by atoms with Crippen molar-refractivity contribution in [2.24, 2.45) is 11.7 Å². The van der Waals surface area contributed by atoms with E-state index in [0.717, 1.165) is 17.7 Å². The number of rotatable bonds is 2. The van der Waals surface area contributed by atoms with E-state index in [2.05, 4.69) is 0 Å². The van der Waals surface area contributed by atoms with Crippen molar-refractivity contribution in [2.45, 2.75) is 25.8 Å². The standard InChI is InChI=1S/C17H21N3O3.ClH/c1-10(18)11-5-7-20(8-6-11)15(21)12-3-4-13-14(9-12)17(23)19(2)16(13)22;/h3-4,9-11H,5-8,18H2,1-2H3;1H. The second kappa shape index (κ2) is 6.91. The molecular formula is C17H22ClN3O3. The molecule has 1 fully saturated rings. The summed E-state index contributed by atoms with van der Waals surface area (Å²) in [5, 5.41) is 0. The van der Waals surface area contributed by atoms with E-state index in [4.69, 9.17) is 5.73 Å². The Morgan fingerprint density at radius 1 is 1.17 bits per heavy atom. The maximum atomic E-state index is 12.6. The molecule has 0 bridgehead atoms. The molecule has 2 aliphatic heterocycles. The number of hydrogen-bond donors (Lipinski definition) is 1. The number of halogens is 1. The summed E-state index contributed by atoms with van der Waals surface area (Å²) in [7, 11) is 1.45. The molecular weight excluding hydrogens is 330 g/mol. The summed E-state index contributed by atoms with van der Waals surface area (Å²) in [6, 6.07) is 4.88. The highest BCUT2D eigenvalue weighted by Gasteiger charge is 2.34. The molecule has 2 N–H and O–H groups in total. The van der Waals surface area contributed by atoms with Crippen molar-refractivity contribution in [3.05, 3.63) is 34.9 Å². The van der Waals surface area contributed by atoms with E-state index in [1.54, 1.807) is 23.1 Å². The van der Waals surface area contributed by atoms with Gasteiger partial charge >= 0.3 is 0 Å². The van der Waals surface area contributed by atoms with Crippen molar-refractivity contribution >= 4 is 30.1 Å². The first kappa shape index (κ1) is 18.4. The second-order valence-corrected chi connectivity index (χ2v) is 6.42. The smallest absolute Gasteiger partial charge is 0.261 e. The lowest BCUT2D eigenvalue weighted by molar-refractivity contribution is 0.0678. The maximum absolute atomic E-state index is 12.6. The van der Waals surface area contributed by atoms with E-state index in [9.17, 15) is 14.4 Å². The van der Waals surface area contributed by atoms with E-state index in [-0.39, 0.29) is 36.2 Å². The molecule has 7 heteroatoms. The van der Waals surface area contributed by atoms with Gasteiger partial charge in [0.15, 0.2) is 0 Å². The van der Waals surface area contributed by atoms with Crippen molar-refractivity contribution in [3.8, 4) is 0 Å². The molecule has 1 unspecified atom stereocenters. The minimum Gasteiger partial charge on any atom is -0.339 e. The van der Waals surface area contributed by atoms with Gasteiger partial charge in [-0.1, -0.05) is 0 Å². The van der Waals surface area contributed by atoms with Crippen LogP contribution in [0, 0.1) is 5.92 Å². The minimum atomic E-state index is -0.352. The van der Waals surface area contributed by atoms with E-state index in [1.807, 2.05) is 6.92 Å². The lowest BCUT2D eigenvalue weighted by Gasteiger charge is -2.33. The highest BCUT2D eigenvalue weighted by molar-refractivity contribution is 6.21. The predicted molar refractivity (Wildman–Crippen MR) is 92.4 cm³/mol. The molecule has 0 aromatic heterocycles. The van der Waals surface area contributed by atoms with Gasteiger partial charge in [0.25, 0.3) is 17.7 Å². The predicted octanol–water partition coefficient (Wildman–Crippen LogP) is 1.53. The third-order valence-electron chi connectivity index (χ3n) is 4.91. The van der Waals surface area contributed by atoms with Crippen LogP contribution in [0.2, 0.25) is 0 Å². The highest BCUT2D eigenvalue weighted by Crippen LogP contribution is 2.25. The van der Waals surface area contributed by atoms with Gasteiger partial charge in [-0.2, -0.15) is 0 Å². The number of nitrogens with zero attached hydrogens (tertiary/aromatic N) is 2. The number of imide groups is 1. The fraction of sp³-hybridized carbons (Fsp3) is 0.471. The van der Waals surface area contributed by atoms with Crippen molar-refractivity contribution in [1.82, 2.24) is 9.80 Å². The summed E-state index contributed by atoms with van der Waals surface area (Å²) in [6.07, 6.45) is 1.79. The topological polar surface area (TPSA) is 83.7 Å². The molecule has 0 radical (unpaired) electrons. The molecule has 1 saturated heterocycles. The van der Waals surface area contributed by atoms with Crippen molar-refractivity contribution < 1.29 is 14.4 Å². The number of piperidine rings is 1. The summed E-state index contributed by atoms with van der Waals surface area (Å²) in [4.78, 5) is 39.4. The first-order valence-electron chi connectivity index (χ1n) is 7.91. The molecule has 6 nitrogen and oxygen atoms in total. The van der Waals surface area contributed by atoms with Gasteiger partial charge in [0, 0.05) is 31.7 Å². The molecule has 0 saturated carbocycles. The lowest BCUT2D eigenvalue weighted by atomic mass is 9.90. The van der Waals surface area contributed by atoms with E-state index in [1.165, 1.54) is 7.05 Å². The number of hydrogen-bond acceptors (Lipinski definition) is 4. The SMILES string of the molecule is CC(N)C1CCN(C(=O)c2ccc3c(c2)C(=O)N(C)C3=O)CC1.Cl. The summed E-state index contributed by atoms with van der Waals surface area (Å²) in [6.45, 7) is 3.35. The first-order chi connectivity index (χ1) is 10.9. The molecule has 3 amide bonds. The fourth-order valence-electron chi connectivity index (χ4n) is 3.31. The third-order valence-corrected chi connectivity index (χ3v) is 4.91. The molecule has 1 aromatic carbocycles. The third kappa shape index (κ3) is 3.03. The average Bonchev–Trinajstić information content (AvgIpc) is 2.78. The summed E-state index contributed by atoms with van der Waals surface area (Å²) in [5.74, 6) is -0.310. The van der Waals surface area contributed by atoms with Gasteiger partial charge in [-0.3, -0.25) is 19.3 Å². The van der Waals surface area contributed by atoms with Crippen LogP contribution in [0.15, 0.2) is 18.2 Å². The van der Waals surface area contributed by atoms with Crippen LogP contribution in [0.5, 0.6) is 0 Å². The Kier molecular flexibility index (Phi) is 5.30. The fourth-order valence-corrected chi connectivity index (χ4v) is 3.31. The van der Waals surface area contributed by atoms with E-state index >= 15 is 0 Å². The van der Waals surface area contributed by atoms with Gasteiger partial charge < -0.3 is 10.6 Å². The molecule has 2 heterocycles. The van der Waals surface area contributed by atoms with Crippen molar-refractivity contribution in [1.29, 1.82) is 0 Å². The van der Waals surface area contributed by atoms with Crippen LogP contribution < -0.4 is 5.73 Å². The summed E-state index contributed by atoms with van der Waals surface area (Å²) >= 11 is 0. The van der Waals surface area contributed by atoms with Gasteiger partial charge in [0.1, 0.15) is 0 Å². The van der Waals surface area contributed by atoms with Crippen LogP contribution in [-0.2, 0) is 0 Å². The lowest BCUT2D eigenvalue weighted by Crippen LogP contribution is -2.42. The Morgan fingerprint density at radius 2 is 1.75 bits per heavy atom. The van der Waals surface area contributed by atoms with Crippen LogP contribution in [0.4, 0.5) is 0 Å². The van der Waals surface area contributed by atoms with Crippen molar-refractivity contribution in [2.75, 3.05) is 20.1 Å². The molecule has 0 spiro atoms. The zero-order valence-corrected chi connectivity index (χ0v) is 14.6. The van der Waals surface area contributed by atoms with Crippen LogP contribution in [0.25, 0.3) is 0 Å². The molecule has 3 rings (SSSR count). The van der Waals surface area contributed by atoms with E-state index < -0.39 is 0 Å². The molecule has 1 atom stereocenters. The van der Waals surface area contributed by atoms with E-state index in [0.29, 0.717) is 35.7 Å². The van der Waals surface area contributed by atoms with Gasteiger partial charge in [-0.05, 0) is 43.9 Å². The monoisotopic (exact) mass is 351 g/mol. The minimum absolute atomic E-state index is 0. The molecule has 130 valence electrons. The molecule has 2 aliphatic rings. The van der Waals surface area contributed by atoms with Gasteiger partial charge in [0.05, 0.1) is 11.1 Å². The first-order valence-corrected chi connectivity index (χ1v) is 7.91. The Bertz CT molecular complexity index is 682. The van der Waals surface area contributed by atoms with Crippen molar-refractivity contribution in [3.63, 3.8) is 0 Å². The Hall–Kier alpha value is -1.92. The molecule has 1 aromatic rings. The van der Waals surface area contributed by atoms with Gasteiger partial charge in [-0.15, -0.1) is 12.4 Å². The van der Waals surface area contributed by atoms with Crippen LogP contribution in [0.3, 0.4) is 0 Å². The Labute approximate surface area is 147 Å². The Balaban J connectivity index is 0.00000208. The number of nitrogens with two attached hydrogens (primary N) is 1. The van der Waals surface area contributed by atoms with Crippen LogP contribution >= 0.6 is 12.4 Å². The number of benzene rings is 1. The normalized spacial score (nSPS) is 19.1. The number of amides is 3.